The number of benzene rings is 3. The van der Waals surface area contributed by atoms with Crippen molar-refractivity contribution in [3.63, 3.8) is 0 Å². The number of rotatable bonds is 5. The number of halogens is 4. The number of hydrogen-bond acceptors (Lipinski definition) is 3. The van der Waals surface area contributed by atoms with E-state index in [0.29, 0.717) is 12.1 Å². The Labute approximate surface area is 241 Å². The molecule has 1 aliphatic heterocycles. The number of nitrogens with one attached hydrogen (secondary N) is 1. The van der Waals surface area contributed by atoms with E-state index in [1.807, 2.05) is 20.8 Å². The zero-order chi connectivity index (χ0) is 29.4. The molecule has 0 unspecified atom stereocenters. The minimum atomic E-state index is -1.71. The van der Waals surface area contributed by atoms with E-state index in [1.54, 1.807) is 0 Å². The molecule has 0 bridgehead atoms. The van der Waals surface area contributed by atoms with Crippen LogP contribution in [0.1, 0.15) is 54.7 Å². The lowest BCUT2D eigenvalue weighted by molar-refractivity contribution is 0.0697. The van der Waals surface area contributed by atoms with E-state index in [-0.39, 0.29) is 38.7 Å². The lowest BCUT2D eigenvalue weighted by Gasteiger charge is -2.38. The van der Waals surface area contributed by atoms with Crippen LogP contribution in [0.5, 0.6) is 0 Å². The van der Waals surface area contributed by atoms with Crippen LogP contribution in [0.3, 0.4) is 0 Å². The summed E-state index contributed by atoms with van der Waals surface area (Å²) in [6, 6.07) is 14.2. The first kappa shape index (κ1) is 29.3. The van der Waals surface area contributed by atoms with Gasteiger partial charge in [0.1, 0.15) is 17.0 Å². The molecule has 0 spiro atoms. The Morgan fingerprint density at radius 1 is 1.12 bits per heavy atom. The van der Waals surface area contributed by atoms with Crippen molar-refractivity contribution in [1.29, 1.82) is 5.26 Å². The van der Waals surface area contributed by atoms with Gasteiger partial charge in [0.05, 0.1) is 22.7 Å². The Bertz CT molecular complexity index is 1500. The first-order chi connectivity index (χ1) is 18.8. The summed E-state index contributed by atoms with van der Waals surface area (Å²) in [5.74, 6) is -3.30. The highest BCUT2D eigenvalue weighted by molar-refractivity contribution is 6.31. The maximum absolute atomic E-state index is 15.7. The van der Waals surface area contributed by atoms with Crippen molar-refractivity contribution in [2.45, 2.75) is 38.6 Å². The predicted molar refractivity (Wildman–Crippen MR) is 150 cm³/mol. The normalized spacial score (nSPS) is 20.7. The summed E-state index contributed by atoms with van der Waals surface area (Å²) in [7, 11) is 0. The molecular formula is C30H27Cl2F2N3O3. The number of aromatic carboxylic acids is 1. The summed E-state index contributed by atoms with van der Waals surface area (Å²) in [6.07, 6.45) is 0.401. The zero-order valence-corrected chi connectivity index (χ0v) is 23.5. The van der Waals surface area contributed by atoms with Crippen molar-refractivity contribution in [3.05, 3.63) is 99.0 Å². The number of nitrogens with zero attached hydrogens (tertiary/aromatic N) is 2. The van der Waals surface area contributed by atoms with E-state index in [1.165, 1.54) is 59.5 Å². The molecule has 0 saturated carbocycles. The first-order valence-corrected chi connectivity index (χ1v) is 13.3. The van der Waals surface area contributed by atoms with Crippen molar-refractivity contribution < 1.29 is 23.5 Å². The average Bonchev–Trinajstić information content (AvgIpc) is 3.19. The van der Waals surface area contributed by atoms with Crippen molar-refractivity contribution in [3.8, 4) is 6.07 Å². The fourth-order valence-electron chi connectivity index (χ4n) is 5.56. The molecule has 0 aliphatic carbocycles. The Kier molecular flexibility index (Phi) is 8.11. The maximum atomic E-state index is 15.7. The van der Waals surface area contributed by atoms with Gasteiger partial charge in [0.25, 0.3) is 0 Å². The molecule has 2 N–H and O–H groups in total. The first-order valence-electron chi connectivity index (χ1n) is 12.5. The molecule has 4 rings (SSSR count). The van der Waals surface area contributed by atoms with Gasteiger partial charge < -0.3 is 15.3 Å². The molecule has 1 saturated heterocycles. The molecule has 0 aromatic heterocycles. The number of carbonyl (C=O) groups is 2. The molecule has 1 fully saturated rings. The summed E-state index contributed by atoms with van der Waals surface area (Å²) in [6.45, 7) is 5.90. The third-order valence-corrected chi connectivity index (χ3v) is 7.67. The molecule has 2 amide bonds. The molecule has 208 valence electrons. The van der Waals surface area contributed by atoms with E-state index in [9.17, 15) is 20.0 Å². The van der Waals surface area contributed by atoms with Gasteiger partial charge in [-0.05, 0) is 54.3 Å². The van der Waals surface area contributed by atoms with Crippen molar-refractivity contribution in [1.82, 2.24) is 4.90 Å². The molecule has 0 radical (unpaired) electrons. The second-order valence-corrected chi connectivity index (χ2v) is 11.9. The van der Waals surface area contributed by atoms with Gasteiger partial charge in [-0.1, -0.05) is 62.2 Å². The maximum Gasteiger partial charge on any atom is 0.335 e. The largest absolute Gasteiger partial charge is 0.478 e. The highest BCUT2D eigenvalue weighted by Crippen LogP contribution is 2.56. The average molecular weight is 586 g/mol. The van der Waals surface area contributed by atoms with E-state index < -0.39 is 41.0 Å². The topological polar surface area (TPSA) is 93.4 Å². The molecule has 3 aromatic rings. The fraction of sp³-hybridized carbons (Fsp3) is 0.300. The molecular weight excluding hydrogens is 559 g/mol. The number of likely N-dealkylation sites (tertiary alicyclic amines) is 1. The smallest absolute Gasteiger partial charge is 0.335 e. The quantitative estimate of drug-likeness (QED) is 0.316. The van der Waals surface area contributed by atoms with Crippen LogP contribution in [0.15, 0.2) is 60.7 Å². The lowest BCUT2D eigenvalue weighted by atomic mass is 9.63. The van der Waals surface area contributed by atoms with Crippen LogP contribution in [0.25, 0.3) is 0 Å². The van der Waals surface area contributed by atoms with E-state index in [4.69, 9.17) is 23.2 Å². The van der Waals surface area contributed by atoms with Gasteiger partial charge in [-0.2, -0.15) is 5.26 Å². The van der Waals surface area contributed by atoms with Crippen LogP contribution in [0, 0.1) is 34.3 Å². The predicted octanol–water partition coefficient (Wildman–Crippen LogP) is 8.07. The third kappa shape index (κ3) is 5.49. The highest BCUT2D eigenvalue weighted by atomic mass is 35.5. The summed E-state index contributed by atoms with van der Waals surface area (Å²) in [5, 5.41) is 22.7. The Morgan fingerprint density at radius 2 is 1.80 bits per heavy atom. The number of carboxylic acids is 1. The minimum Gasteiger partial charge on any atom is -0.478 e. The summed E-state index contributed by atoms with van der Waals surface area (Å²) in [5.41, 5.74) is -1.76. The van der Waals surface area contributed by atoms with Gasteiger partial charge in [0, 0.05) is 34.3 Å². The van der Waals surface area contributed by atoms with Gasteiger partial charge in [-0.15, -0.1) is 0 Å². The summed E-state index contributed by atoms with van der Waals surface area (Å²) < 4.78 is 31.4. The number of anilines is 1. The van der Waals surface area contributed by atoms with Gasteiger partial charge >= 0.3 is 12.0 Å². The number of urea groups is 1. The minimum absolute atomic E-state index is 0.000799. The van der Waals surface area contributed by atoms with Crippen molar-refractivity contribution in [2.24, 2.45) is 11.3 Å². The Morgan fingerprint density at radius 3 is 2.38 bits per heavy atom. The molecule has 40 heavy (non-hydrogen) atoms. The second-order valence-electron chi connectivity index (χ2n) is 11.1. The van der Waals surface area contributed by atoms with Crippen LogP contribution >= 0.6 is 23.2 Å². The molecule has 3 atom stereocenters. The number of nitriles is 1. The number of carbonyl (C=O) groups excluding carboxylic acids is 1. The zero-order valence-electron chi connectivity index (χ0n) is 22.0. The molecule has 10 heteroatoms. The van der Waals surface area contributed by atoms with Crippen LogP contribution in [0.4, 0.5) is 19.3 Å². The van der Waals surface area contributed by atoms with Gasteiger partial charge in [0.15, 0.2) is 0 Å². The number of hydrogen-bond donors (Lipinski definition) is 2. The fourth-order valence-corrected chi connectivity index (χ4v) is 5.90. The van der Waals surface area contributed by atoms with Gasteiger partial charge in [0.2, 0.25) is 0 Å². The lowest BCUT2D eigenvalue weighted by Crippen LogP contribution is -2.42. The molecule has 1 aliphatic rings. The third-order valence-electron chi connectivity index (χ3n) is 7.14. The van der Waals surface area contributed by atoms with Gasteiger partial charge in [-0.3, -0.25) is 0 Å². The van der Waals surface area contributed by atoms with Crippen LogP contribution in [0.2, 0.25) is 10.0 Å². The SMILES string of the molecule is CC(C)(C)C[C@H]1CN(C(=O)Nc2ccc(C(=O)O)cc2)[C@@H](c2cccc(Cl)c2F)[C@]1(C#N)c1ccc(Cl)cc1F. The highest BCUT2D eigenvalue weighted by Gasteiger charge is 2.60. The van der Waals surface area contributed by atoms with E-state index in [0.717, 1.165) is 6.07 Å². The van der Waals surface area contributed by atoms with Crippen molar-refractivity contribution >= 4 is 40.9 Å². The van der Waals surface area contributed by atoms with Crippen LogP contribution in [-0.2, 0) is 5.41 Å². The standard InChI is InChI=1S/C30H27Cl2F2N3O3/c1-29(2,3)14-18-15-37(28(40)36-20-10-7-17(8-11-20)27(38)39)26(21-5-4-6-23(32)25(21)34)30(18,16-35)22-12-9-19(31)13-24(22)33/h4-13,18,26H,14-15H2,1-3H3,(H,36,40)(H,38,39)/t18-,26-,30-/m0/s1. The number of carboxylic acid groups (broad SMARTS) is 1. The Balaban J connectivity index is 1.92. The van der Waals surface area contributed by atoms with Crippen LogP contribution in [-0.4, -0.2) is 28.6 Å². The monoisotopic (exact) mass is 585 g/mol. The molecule has 3 aromatic carbocycles. The van der Waals surface area contributed by atoms with Gasteiger partial charge in [-0.25, -0.2) is 18.4 Å². The summed E-state index contributed by atoms with van der Waals surface area (Å²) >= 11 is 12.2. The van der Waals surface area contributed by atoms with Crippen LogP contribution < -0.4 is 5.32 Å². The number of amides is 2. The van der Waals surface area contributed by atoms with Crippen molar-refractivity contribution in [2.75, 3.05) is 11.9 Å². The van der Waals surface area contributed by atoms with E-state index in [2.05, 4.69) is 11.4 Å². The second kappa shape index (κ2) is 11.1. The molecule has 1 heterocycles. The Hall–Kier alpha value is -3.67. The summed E-state index contributed by atoms with van der Waals surface area (Å²) in [4.78, 5) is 26.4. The molecule has 6 nitrogen and oxygen atoms in total. The van der Waals surface area contributed by atoms with E-state index >= 15 is 8.78 Å².